The van der Waals surface area contributed by atoms with Gasteiger partial charge in [-0.2, -0.15) is 16.9 Å². The van der Waals surface area contributed by atoms with Crippen LogP contribution in [-0.4, -0.2) is 27.9 Å². The van der Waals surface area contributed by atoms with Crippen molar-refractivity contribution in [3.8, 4) is 5.75 Å². The normalized spacial score (nSPS) is 25.5. The Balaban J connectivity index is 1.52. The fraction of sp³-hybridized carbons (Fsp3) is 0.769. The van der Waals surface area contributed by atoms with Crippen LogP contribution in [0.3, 0.4) is 0 Å². The molecule has 2 fully saturated rings. The lowest BCUT2D eigenvalue weighted by Crippen LogP contribution is -2.10. The van der Waals surface area contributed by atoms with Gasteiger partial charge in [-0.3, -0.25) is 4.68 Å². The molecule has 1 saturated heterocycles. The molecule has 1 unspecified atom stereocenters. The van der Waals surface area contributed by atoms with Crippen LogP contribution in [-0.2, 0) is 0 Å². The fourth-order valence-corrected chi connectivity index (χ4v) is 3.96. The van der Waals surface area contributed by atoms with Gasteiger partial charge in [0.05, 0.1) is 25.0 Å². The van der Waals surface area contributed by atoms with Gasteiger partial charge in [-0.25, -0.2) is 0 Å². The molecule has 17 heavy (non-hydrogen) atoms. The molecule has 1 saturated carbocycles. The van der Waals surface area contributed by atoms with E-state index in [1.165, 1.54) is 43.6 Å². The molecule has 2 heterocycles. The number of aromatic nitrogens is 2. The van der Waals surface area contributed by atoms with Crippen molar-refractivity contribution in [3.05, 3.63) is 12.4 Å². The van der Waals surface area contributed by atoms with E-state index in [4.69, 9.17) is 4.74 Å². The first kappa shape index (κ1) is 11.5. The van der Waals surface area contributed by atoms with Crippen LogP contribution in [0, 0.1) is 5.92 Å². The molecule has 94 valence electrons. The minimum atomic E-state index is 0.620. The number of hydrogen-bond donors (Lipinski definition) is 0. The van der Waals surface area contributed by atoms with Crippen LogP contribution in [0.2, 0.25) is 0 Å². The van der Waals surface area contributed by atoms with Crippen LogP contribution in [0.4, 0.5) is 0 Å². The molecule has 3 rings (SSSR count). The lowest BCUT2D eigenvalue weighted by molar-refractivity contribution is 0.263. The van der Waals surface area contributed by atoms with Crippen LogP contribution in [0.15, 0.2) is 12.4 Å². The molecule has 4 heteroatoms. The maximum Gasteiger partial charge on any atom is 0.157 e. The summed E-state index contributed by atoms with van der Waals surface area (Å²) < 4.78 is 7.94. The van der Waals surface area contributed by atoms with Gasteiger partial charge in [0.1, 0.15) is 0 Å². The molecule has 2 aliphatic rings. The van der Waals surface area contributed by atoms with E-state index in [0.29, 0.717) is 6.04 Å². The van der Waals surface area contributed by atoms with Crippen molar-refractivity contribution >= 4 is 11.8 Å². The highest BCUT2D eigenvalue weighted by atomic mass is 32.2. The average molecular weight is 252 g/mol. The third kappa shape index (κ3) is 2.79. The lowest BCUT2D eigenvalue weighted by atomic mass is 10.1. The second kappa shape index (κ2) is 5.34. The second-order valence-electron chi connectivity index (χ2n) is 5.13. The Bertz CT molecular complexity index is 354. The Morgan fingerprint density at radius 3 is 3.00 bits per heavy atom. The zero-order valence-corrected chi connectivity index (χ0v) is 11.0. The zero-order valence-electron chi connectivity index (χ0n) is 10.2. The maximum absolute atomic E-state index is 5.83. The van der Waals surface area contributed by atoms with E-state index in [1.807, 2.05) is 18.0 Å². The first-order chi connectivity index (χ1) is 8.42. The van der Waals surface area contributed by atoms with Crippen molar-refractivity contribution < 1.29 is 4.74 Å². The number of ether oxygens (including phenoxy) is 1. The summed E-state index contributed by atoms with van der Waals surface area (Å²) in [6, 6.07) is 0.620. The molecule has 0 radical (unpaired) electrons. The standard InChI is InChI=1S/C13H20N2OS/c1-2-4-12(3-1)15-8-13(7-14-15)16-9-11-5-6-17-10-11/h7-8,11-12H,1-6,9-10H2. The molecule has 0 amide bonds. The SMILES string of the molecule is c1nn(C2CCCC2)cc1OCC1CCSC1. The van der Waals surface area contributed by atoms with E-state index >= 15 is 0 Å². The van der Waals surface area contributed by atoms with Crippen LogP contribution >= 0.6 is 11.8 Å². The monoisotopic (exact) mass is 252 g/mol. The van der Waals surface area contributed by atoms with Crippen molar-refractivity contribution in [2.24, 2.45) is 5.92 Å². The molecule has 1 aromatic heterocycles. The first-order valence-electron chi connectivity index (χ1n) is 6.66. The Morgan fingerprint density at radius 2 is 2.24 bits per heavy atom. The van der Waals surface area contributed by atoms with Crippen molar-refractivity contribution in [2.75, 3.05) is 18.1 Å². The van der Waals surface area contributed by atoms with E-state index in [-0.39, 0.29) is 0 Å². The second-order valence-corrected chi connectivity index (χ2v) is 6.28. The van der Waals surface area contributed by atoms with Crippen molar-refractivity contribution in [2.45, 2.75) is 38.1 Å². The number of rotatable bonds is 4. The Labute approximate surface area is 107 Å². The maximum atomic E-state index is 5.83. The first-order valence-corrected chi connectivity index (χ1v) is 7.82. The van der Waals surface area contributed by atoms with E-state index in [1.54, 1.807) is 0 Å². The van der Waals surface area contributed by atoms with Gasteiger partial charge in [0.2, 0.25) is 0 Å². The molecule has 1 atom stereocenters. The molecule has 1 aliphatic heterocycles. The number of nitrogens with zero attached hydrogens (tertiary/aromatic N) is 2. The Kier molecular flexibility index (Phi) is 3.60. The largest absolute Gasteiger partial charge is 0.490 e. The minimum Gasteiger partial charge on any atom is -0.490 e. The summed E-state index contributed by atoms with van der Waals surface area (Å²) in [5.74, 6) is 4.26. The van der Waals surface area contributed by atoms with Gasteiger partial charge >= 0.3 is 0 Å². The molecule has 0 spiro atoms. The van der Waals surface area contributed by atoms with E-state index in [9.17, 15) is 0 Å². The van der Waals surface area contributed by atoms with Crippen LogP contribution in [0.1, 0.15) is 38.1 Å². The molecule has 1 aromatic rings. The van der Waals surface area contributed by atoms with Gasteiger partial charge in [-0.1, -0.05) is 12.8 Å². The molecule has 1 aliphatic carbocycles. The summed E-state index contributed by atoms with van der Waals surface area (Å²) in [5, 5.41) is 4.43. The van der Waals surface area contributed by atoms with E-state index in [2.05, 4.69) is 16.0 Å². The van der Waals surface area contributed by atoms with E-state index < -0.39 is 0 Å². The lowest BCUT2D eigenvalue weighted by Gasteiger charge is -2.10. The third-order valence-electron chi connectivity index (χ3n) is 3.79. The molecule has 0 aromatic carbocycles. The summed E-state index contributed by atoms with van der Waals surface area (Å²) in [6.07, 6.45) is 10.5. The molecular formula is C13H20N2OS. The highest BCUT2D eigenvalue weighted by molar-refractivity contribution is 7.99. The molecule has 0 bridgehead atoms. The van der Waals surface area contributed by atoms with Gasteiger partial charge < -0.3 is 4.74 Å². The summed E-state index contributed by atoms with van der Waals surface area (Å²) in [4.78, 5) is 0. The summed E-state index contributed by atoms with van der Waals surface area (Å²) in [7, 11) is 0. The van der Waals surface area contributed by atoms with Gasteiger partial charge in [-0.05, 0) is 30.8 Å². The van der Waals surface area contributed by atoms with Gasteiger partial charge in [0.25, 0.3) is 0 Å². The molecular weight excluding hydrogens is 232 g/mol. The summed E-state index contributed by atoms with van der Waals surface area (Å²) in [5.41, 5.74) is 0. The predicted octanol–water partition coefficient (Wildman–Crippen LogP) is 3.13. The topological polar surface area (TPSA) is 27.1 Å². The van der Waals surface area contributed by atoms with Gasteiger partial charge in [-0.15, -0.1) is 0 Å². The predicted molar refractivity (Wildman–Crippen MR) is 70.7 cm³/mol. The van der Waals surface area contributed by atoms with Crippen LogP contribution < -0.4 is 4.74 Å². The van der Waals surface area contributed by atoms with Gasteiger partial charge in [0, 0.05) is 5.92 Å². The Hall–Kier alpha value is -0.640. The van der Waals surface area contributed by atoms with E-state index in [0.717, 1.165) is 18.3 Å². The zero-order chi connectivity index (χ0) is 11.5. The highest BCUT2D eigenvalue weighted by Crippen LogP contribution is 2.30. The molecule has 3 nitrogen and oxygen atoms in total. The summed E-state index contributed by atoms with van der Waals surface area (Å²) >= 11 is 2.04. The van der Waals surface area contributed by atoms with Crippen molar-refractivity contribution in [3.63, 3.8) is 0 Å². The highest BCUT2D eigenvalue weighted by Gasteiger charge is 2.19. The van der Waals surface area contributed by atoms with Crippen LogP contribution in [0.5, 0.6) is 5.75 Å². The quantitative estimate of drug-likeness (QED) is 0.824. The Morgan fingerprint density at radius 1 is 1.35 bits per heavy atom. The van der Waals surface area contributed by atoms with Crippen LogP contribution in [0.25, 0.3) is 0 Å². The summed E-state index contributed by atoms with van der Waals surface area (Å²) in [6.45, 7) is 0.864. The average Bonchev–Trinajstić information content (AvgIpc) is 3.09. The smallest absolute Gasteiger partial charge is 0.157 e. The number of hydrogen-bond acceptors (Lipinski definition) is 3. The van der Waals surface area contributed by atoms with Crippen molar-refractivity contribution in [1.29, 1.82) is 0 Å². The third-order valence-corrected chi connectivity index (χ3v) is 5.02. The van der Waals surface area contributed by atoms with Gasteiger partial charge in [0.15, 0.2) is 5.75 Å². The minimum absolute atomic E-state index is 0.620. The fourth-order valence-electron chi connectivity index (χ4n) is 2.69. The van der Waals surface area contributed by atoms with Crippen molar-refractivity contribution in [1.82, 2.24) is 9.78 Å². The number of thioether (sulfide) groups is 1. The molecule has 0 N–H and O–H groups in total.